The Morgan fingerprint density at radius 3 is 2.52 bits per heavy atom. The molecule has 1 aliphatic rings. The summed E-state index contributed by atoms with van der Waals surface area (Å²) in [5, 5.41) is 6.33. The molecule has 2 N–H and O–H groups in total. The number of fused-ring (bicyclic) bond motifs is 1. The van der Waals surface area contributed by atoms with Crippen LogP contribution in [0.15, 0.2) is 71.5 Å². The maximum atomic E-state index is 12.6. The Morgan fingerprint density at radius 2 is 1.78 bits per heavy atom. The predicted octanol–water partition coefficient (Wildman–Crippen LogP) is 2.89. The highest BCUT2D eigenvalue weighted by atomic mass is 32.1. The average Bonchev–Trinajstić information content (AvgIpc) is 3.16. The Hall–Kier alpha value is -2.99. The van der Waals surface area contributed by atoms with Crippen LogP contribution in [-0.2, 0) is 4.79 Å². The Kier molecular flexibility index (Phi) is 3.17. The lowest BCUT2D eigenvalue weighted by Gasteiger charge is -2.05. The van der Waals surface area contributed by atoms with Crippen molar-refractivity contribution in [3.05, 3.63) is 71.9 Å². The normalized spacial score (nSPS) is 16.3. The number of carbonyl (C=O) groups excluding carboxylic acids is 1. The van der Waals surface area contributed by atoms with Crippen molar-refractivity contribution in [2.45, 2.75) is 0 Å². The first-order chi connectivity index (χ1) is 11.3. The molecule has 0 unspecified atom stereocenters. The van der Waals surface area contributed by atoms with Gasteiger partial charge < -0.3 is 5.73 Å². The summed E-state index contributed by atoms with van der Waals surface area (Å²) in [6.07, 6.45) is 1.31. The SMILES string of the molecule is NC=C1C(=O)N(c2nc3ccccc3s2)N=C1c1ccccc1. The van der Waals surface area contributed by atoms with Gasteiger partial charge in [0.2, 0.25) is 5.13 Å². The van der Waals surface area contributed by atoms with Gasteiger partial charge in [0, 0.05) is 11.8 Å². The molecule has 0 saturated heterocycles. The maximum absolute atomic E-state index is 12.6. The van der Waals surface area contributed by atoms with Gasteiger partial charge in [-0.2, -0.15) is 10.1 Å². The number of hydrazone groups is 1. The van der Waals surface area contributed by atoms with Gasteiger partial charge in [-0.15, -0.1) is 0 Å². The van der Waals surface area contributed by atoms with E-state index in [0.29, 0.717) is 16.4 Å². The van der Waals surface area contributed by atoms with E-state index in [1.165, 1.54) is 22.5 Å². The van der Waals surface area contributed by atoms with Crippen LogP contribution < -0.4 is 10.7 Å². The molecule has 0 atom stereocenters. The van der Waals surface area contributed by atoms with Crippen molar-refractivity contribution < 1.29 is 4.79 Å². The van der Waals surface area contributed by atoms with E-state index in [0.717, 1.165) is 15.8 Å². The van der Waals surface area contributed by atoms with E-state index in [4.69, 9.17) is 5.73 Å². The van der Waals surface area contributed by atoms with Crippen molar-refractivity contribution in [1.82, 2.24) is 4.98 Å². The van der Waals surface area contributed by atoms with Crippen LogP contribution in [0, 0.1) is 0 Å². The molecule has 1 aromatic heterocycles. The summed E-state index contributed by atoms with van der Waals surface area (Å²) in [6.45, 7) is 0. The Bertz CT molecular complexity index is 926. The third-order valence-electron chi connectivity index (χ3n) is 3.56. The van der Waals surface area contributed by atoms with E-state index in [9.17, 15) is 4.79 Å². The molecule has 112 valence electrons. The molecular formula is C17H12N4OS. The van der Waals surface area contributed by atoms with Gasteiger partial charge >= 0.3 is 0 Å². The van der Waals surface area contributed by atoms with Gasteiger partial charge in [0.25, 0.3) is 5.91 Å². The lowest BCUT2D eigenvalue weighted by molar-refractivity contribution is -0.114. The van der Waals surface area contributed by atoms with Gasteiger partial charge in [-0.05, 0) is 12.1 Å². The minimum Gasteiger partial charge on any atom is -0.404 e. The number of anilines is 1. The van der Waals surface area contributed by atoms with Gasteiger partial charge in [-0.25, -0.2) is 4.98 Å². The van der Waals surface area contributed by atoms with Crippen molar-refractivity contribution in [1.29, 1.82) is 0 Å². The van der Waals surface area contributed by atoms with Crippen LogP contribution in [0.25, 0.3) is 10.2 Å². The summed E-state index contributed by atoms with van der Waals surface area (Å²) in [6, 6.07) is 17.3. The van der Waals surface area contributed by atoms with E-state index in [1.807, 2.05) is 54.6 Å². The molecule has 2 heterocycles. The van der Waals surface area contributed by atoms with E-state index in [2.05, 4.69) is 10.1 Å². The highest BCUT2D eigenvalue weighted by Gasteiger charge is 2.33. The van der Waals surface area contributed by atoms with E-state index in [1.54, 1.807) is 0 Å². The van der Waals surface area contributed by atoms with Crippen molar-refractivity contribution in [2.75, 3.05) is 5.01 Å². The third kappa shape index (κ3) is 2.20. The number of hydrogen-bond donors (Lipinski definition) is 1. The summed E-state index contributed by atoms with van der Waals surface area (Å²) in [4.78, 5) is 17.1. The van der Waals surface area contributed by atoms with E-state index in [-0.39, 0.29) is 5.91 Å². The van der Waals surface area contributed by atoms with Crippen molar-refractivity contribution in [3.8, 4) is 0 Å². The second-order valence-electron chi connectivity index (χ2n) is 4.98. The van der Waals surface area contributed by atoms with Crippen molar-refractivity contribution in [3.63, 3.8) is 0 Å². The van der Waals surface area contributed by atoms with Crippen LogP contribution in [0.2, 0.25) is 0 Å². The summed E-state index contributed by atoms with van der Waals surface area (Å²) in [5.41, 5.74) is 8.31. The second-order valence-corrected chi connectivity index (χ2v) is 5.99. The molecule has 6 heteroatoms. The van der Waals surface area contributed by atoms with Crippen molar-refractivity contribution >= 4 is 38.3 Å². The van der Waals surface area contributed by atoms with Gasteiger partial charge in [0.05, 0.1) is 15.8 Å². The van der Waals surface area contributed by atoms with Crippen LogP contribution in [0.1, 0.15) is 5.56 Å². The fourth-order valence-electron chi connectivity index (χ4n) is 2.45. The number of thiazole rings is 1. The Labute approximate surface area is 136 Å². The van der Waals surface area contributed by atoms with E-state index < -0.39 is 0 Å². The predicted molar refractivity (Wildman–Crippen MR) is 92.4 cm³/mol. The number of nitrogens with two attached hydrogens (primary N) is 1. The van der Waals surface area contributed by atoms with Crippen LogP contribution in [0.5, 0.6) is 0 Å². The molecule has 1 aliphatic heterocycles. The third-order valence-corrected chi connectivity index (χ3v) is 4.57. The monoisotopic (exact) mass is 320 g/mol. The summed E-state index contributed by atoms with van der Waals surface area (Å²) in [5.74, 6) is -0.259. The highest BCUT2D eigenvalue weighted by Crippen LogP contribution is 2.32. The largest absolute Gasteiger partial charge is 0.404 e. The standard InChI is InChI=1S/C17H12N4OS/c18-10-12-15(11-6-2-1-3-7-11)20-21(16(12)22)17-19-13-8-4-5-9-14(13)23-17/h1-10H,18H2. The molecular weight excluding hydrogens is 308 g/mol. The average molecular weight is 320 g/mol. The number of nitrogens with zero attached hydrogens (tertiary/aromatic N) is 3. The first kappa shape index (κ1) is 13.7. The van der Waals surface area contributed by atoms with Crippen molar-refractivity contribution in [2.24, 2.45) is 10.8 Å². The zero-order valence-electron chi connectivity index (χ0n) is 12.0. The molecule has 0 bridgehead atoms. The molecule has 0 spiro atoms. The second kappa shape index (κ2) is 5.33. The minimum atomic E-state index is -0.259. The molecule has 0 saturated carbocycles. The number of rotatable bonds is 2. The lowest BCUT2D eigenvalue weighted by Crippen LogP contribution is -2.21. The lowest BCUT2D eigenvalue weighted by atomic mass is 10.0. The van der Waals surface area contributed by atoms with Crippen LogP contribution in [0.3, 0.4) is 0 Å². The number of aromatic nitrogens is 1. The topological polar surface area (TPSA) is 71.6 Å². The Morgan fingerprint density at radius 1 is 1.04 bits per heavy atom. The molecule has 1 amide bonds. The van der Waals surface area contributed by atoms with Crippen LogP contribution >= 0.6 is 11.3 Å². The molecule has 23 heavy (non-hydrogen) atoms. The fourth-order valence-corrected chi connectivity index (χ4v) is 3.37. The molecule has 0 radical (unpaired) electrons. The highest BCUT2D eigenvalue weighted by molar-refractivity contribution is 7.22. The number of para-hydroxylation sites is 1. The summed E-state index contributed by atoms with van der Waals surface area (Å²) < 4.78 is 1.01. The molecule has 4 rings (SSSR count). The van der Waals surface area contributed by atoms with Gasteiger partial charge in [-0.3, -0.25) is 4.79 Å². The Balaban J connectivity index is 1.82. The molecule has 3 aromatic rings. The first-order valence-corrected chi connectivity index (χ1v) is 7.86. The quantitative estimate of drug-likeness (QED) is 0.738. The summed E-state index contributed by atoms with van der Waals surface area (Å²) >= 11 is 1.43. The van der Waals surface area contributed by atoms with Crippen LogP contribution in [0.4, 0.5) is 5.13 Å². The van der Waals surface area contributed by atoms with Crippen LogP contribution in [-0.4, -0.2) is 16.6 Å². The molecule has 2 aromatic carbocycles. The minimum absolute atomic E-state index is 0.259. The number of amides is 1. The summed E-state index contributed by atoms with van der Waals surface area (Å²) in [7, 11) is 0. The number of benzene rings is 2. The van der Waals surface area contributed by atoms with E-state index >= 15 is 0 Å². The molecule has 0 aliphatic carbocycles. The molecule has 5 nitrogen and oxygen atoms in total. The number of carbonyl (C=O) groups is 1. The van der Waals surface area contributed by atoms with Gasteiger partial charge in [-0.1, -0.05) is 53.8 Å². The maximum Gasteiger partial charge on any atom is 0.284 e. The number of hydrogen-bond acceptors (Lipinski definition) is 5. The van der Waals surface area contributed by atoms with Gasteiger partial charge in [0.15, 0.2) is 0 Å². The first-order valence-electron chi connectivity index (χ1n) is 7.04. The molecule has 0 fully saturated rings. The zero-order chi connectivity index (χ0) is 15.8. The zero-order valence-corrected chi connectivity index (χ0v) is 12.8. The van der Waals surface area contributed by atoms with Gasteiger partial charge in [0.1, 0.15) is 5.71 Å². The smallest absolute Gasteiger partial charge is 0.284 e. The fraction of sp³-hybridized carbons (Fsp3) is 0.